The minimum Gasteiger partial charge on any atom is -0.365 e. The van der Waals surface area contributed by atoms with Gasteiger partial charge in [0, 0.05) is 23.2 Å². The van der Waals surface area contributed by atoms with E-state index in [0.717, 1.165) is 6.54 Å². The lowest BCUT2D eigenvalue weighted by Crippen LogP contribution is -2.52. The van der Waals surface area contributed by atoms with Crippen molar-refractivity contribution in [3.05, 3.63) is 34.1 Å². The van der Waals surface area contributed by atoms with Gasteiger partial charge in [-0.25, -0.2) is 0 Å². The van der Waals surface area contributed by atoms with E-state index in [4.69, 9.17) is 0 Å². The number of allylic oxidation sites excluding steroid dienone is 5. The van der Waals surface area contributed by atoms with Crippen LogP contribution in [0.15, 0.2) is 34.1 Å². The van der Waals surface area contributed by atoms with Crippen molar-refractivity contribution in [2.75, 3.05) is 6.54 Å². The van der Waals surface area contributed by atoms with E-state index < -0.39 is 0 Å². The van der Waals surface area contributed by atoms with Crippen LogP contribution in [-0.2, 0) is 0 Å². The van der Waals surface area contributed by atoms with Crippen molar-refractivity contribution in [3.63, 3.8) is 0 Å². The molecule has 0 bridgehead atoms. The van der Waals surface area contributed by atoms with Gasteiger partial charge in [0.15, 0.2) is 0 Å². The van der Waals surface area contributed by atoms with Crippen LogP contribution in [0.1, 0.15) is 103 Å². The molecule has 0 aromatic carbocycles. The maximum Gasteiger partial charge on any atom is 0.0414 e. The van der Waals surface area contributed by atoms with Gasteiger partial charge in [0.05, 0.1) is 0 Å². The summed E-state index contributed by atoms with van der Waals surface area (Å²) in [5.41, 5.74) is 8.86. The molecule has 0 unspecified atom stereocenters. The zero-order valence-electron chi connectivity index (χ0n) is 21.6. The summed E-state index contributed by atoms with van der Waals surface area (Å²) in [6.07, 6.45) is 3.56. The number of hydrogen-bond donors (Lipinski definition) is 0. The molecule has 1 heteroatoms. The third kappa shape index (κ3) is 5.55. The van der Waals surface area contributed by atoms with E-state index in [1.54, 1.807) is 28.0 Å². The van der Waals surface area contributed by atoms with Crippen molar-refractivity contribution in [1.29, 1.82) is 0 Å². The standard InChI is InChI=1S/C14H27N.C13H22/c1-10(2)11-9-15(14(6,7)8)12(11)13(3,4)5;1-7-10-8-11(9(2)3)12(10)13(4,5)6/h10H,9H2,1-8H3;8-9H,7H2,1-6H3. The Bertz CT molecular complexity index is 646. The molecule has 0 N–H and O–H groups in total. The average molecular weight is 388 g/mol. The Morgan fingerprint density at radius 3 is 1.61 bits per heavy atom. The first-order chi connectivity index (χ1) is 12.4. The second kappa shape index (κ2) is 8.41. The normalized spacial score (nSPS) is 18.1. The summed E-state index contributed by atoms with van der Waals surface area (Å²) in [6.45, 7) is 33.4. The molecule has 162 valence electrons. The summed E-state index contributed by atoms with van der Waals surface area (Å²) in [7, 11) is 0. The molecule has 0 radical (unpaired) electrons. The molecule has 2 aliphatic rings. The van der Waals surface area contributed by atoms with Crippen LogP contribution in [0.3, 0.4) is 0 Å². The van der Waals surface area contributed by atoms with E-state index in [1.807, 2.05) is 0 Å². The molecule has 0 fully saturated rings. The van der Waals surface area contributed by atoms with E-state index in [0.29, 0.717) is 17.3 Å². The topological polar surface area (TPSA) is 3.24 Å². The highest BCUT2D eigenvalue weighted by molar-refractivity contribution is 5.55. The molecule has 1 nitrogen and oxygen atoms in total. The summed E-state index contributed by atoms with van der Waals surface area (Å²) >= 11 is 0. The van der Waals surface area contributed by atoms with Crippen molar-refractivity contribution in [1.82, 2.24) is 4.90 Å². The number of nitrogens with zero attached hydrogens (tertiary/aromatic N) is 1. The highest BCUT2D eigenvalue weighted by Crippen LogP contribution is 2.45. The van der Waals surface area contributed by atoms with E-state index in [2.05, 4.69) is 108 Å². The third-order valence-corrected chi connectivity index (χ3v) is 5.81. The Morgan fingerprint density at radius 2 is 1.32 bits per heavy atom. The molecular weight excluding hydrogens is 338 g/mol. The summed E-state index contributed by atoms with van der Waals surface area (Å²) < 4.78 is 0. The second-order valence-corrected chi connectivity index (χ2v) is 12.3. The molecule has 0 saturated heterocycles. The van der Waals surface area contributed by atoms with Crippen LogP contribution >= 0.6 is 0 Å². The molecule has 0 aromatic rings. The number of rotatable bonds is 3. The molecule has 1 aliphatic heterocycles. The molecule has 0 aromatic heterocycles. The van der Waals surface area contributed by atoms with Gasteiger partial charge in [-0.1, -0.05) is 82.2 Å². The van der Waals surface area contributed by atoms with E-state index in [9.17, 15) is 0 Å². The molecule has 0 saturated carbocycles. The lowest BCUT2D eigenvalue weighted by atomic mass is 9.69. The zero-order valence-corrected chi connectivity index (χ0v) is 21.6. The lowest BCUT2D eigenvalue weighted by molar-refractivity contribution is 0.114. The summed E-state index contributed by atoms with van der Waals surface area (Å²) in [5.74, 6) is 1.38. The first kappa shape index (κ1) is 25.1. The lowest BCUT2D eigenvalue weighted by Gasteiger charge is -2.53. The maximum atomic E-state index is 2.56. The largest absolute Gasteiger partial charge is 0.365 e. The van der Waals surface area contributed by atoms with Crippen molar-refractivity contribution < 1.29 is 0 Å². The fourth-order valence-electron chi connectivity index (χ4n) is 4.41. The fraction of sp³-hybridized carbons (Fsp3) is 0.778. The zero-order chi connectivity index (χ0) is 22.2. The van der Waals surface area contributed by atoms with E-state index in [-0.39, 0.29) is 11.0 Å². The van der Waals surface area contributed by atoms with E-state index in [1.165, 1.54) is 6.42 Å². The van der Waals surface area contributed by atoms with Crippen molar-refractivity contribution in [3.8, 4) is 0 Å². The van der Waals surface area contributed by atoms with Gasteiger partial charge in [-0.15, -0.1) is 0 Å². The molecule has 1 aliphatic carbocycles. The second-order valence-electron chi connectivity index (χ2n) is 12.3. The number of hydrogen-bond acceptors (Lipinski definition) is 1. The molecular formula is C27H49N. The van der Waals surface area contributed by atoms with Crippen LogP contribution < -0.4 is 0 Å². The van der Waals surface area contributed by atoms with Gasteiger partial charge < -0.3 is 4.90 Å². The monoisotopic (exact) mass is 387 g/mol. The minimum atomic E-state index is 0.265. The molecule has 28 heavy (non-hydrogen) atoms. The van der Waals surface area contributed by atoms with Gasteiger partial charge in [-0.05, 0) is 66.7 Å². The van der Waals surface area contributed by atoms with Crippen molar-refractivity contribution >= 4 is 0 Å². The van der Waals surface area contributed by atoms with Gasteiger partial charge >= 0.3 is 0 Å². The SMILES string of the molecule is CC(C)C1=C(C(C)(C)C)N(C(C)(C)C)C1.CCC1=CC(C(C)C)=C1C(C)(C)C. The van der Waals surface area contributed by atoms with Gasteiger partial charge in [0.1, 0.15) is 0 Å². The molecule has 0 atom stereocenters. The summed E-state index contributed by atoms with van der Waals surface area (Å²) in [4.78, 5) is 2.56. The Kier molecular flexibility index (Phi) is 7.52. The highest BCUT2D eigenvalue weighted by Gasteiger charge is 2.40. The summed E-state index contributed by atoms with van der Waals surface area (Å²) in [6, 6.07) is 0. The van der Waals surface area contributed by atoms with Gasteiger partial charge in [0.25, 0.3) is 0 Å². The quantitative estimate of drug-likeness (QED) is 0.470. The Labute approximate surface area is 177 Å². The van der Waals surface area contributed by atoms with Crippen LogP contribution in [0.5, 0.6) is 0 Å². The Morgan fingerprint density at radius 1 is 0.821 bits per heavy atom. The third-order valence-electron chi connectivity index (χ3n) is 5.81. The van der Waals surface area contributed by atoms with Crippen LogP contribution in [0.4, 0.5) is 0 Å². The van der Waals surface area contributed by atoms with Gasteiger partial charge in [-0.2, -0.15) is 0 Å². The summed E-state index contributed by atoms with van der Waals surface area (Å²) in [5, 5.41) is 0. The predicted octanol–water partition coefficient (Wildman–Crippen LogP) is 8.39. The predicted molar refractivity (Wildman–Crippen MR) is 127 cm³/mol. The Balaban J connectivity index is 0.000000283. The first-order valence-corrected chi connectivity index (χ1v) is 11.4. The fourth-order valence-corrected chi connectivity index (χ4v) is 4.41. The van der Waals surface area contributed by atoms with Gasteiger partial charge in [-0.3, -0.25) is 0 Å². The molecule has 0 amide bonds. The van der Waals surface area contributed by atoms with Crippen molar-refractivity contribution in [2.24, 2.45) is 22.7 Å². The van der Waals surface area contributed by atoms with Crippen molar-refractivity contribution in [2.45, 2.75) is 109 Å². The highest BCUT2D eigenvalue weighted by atomic mass is 15.2. The average Bonchev–Trinajstić information content (AvgIpc) is 2.29. The Hall–Kier alpha value is -0.980. The van der Waals surface area contributed by atoms with Crippen LogP contribution in [0, 0.1) is 22.7 Å². The van der Waals surface area contributed by atoms with Gasteiger partial charge in [0.2, 0.25) is 0 Å². The molecule has 0 spiro atoms. The first-order valence-electron chi connectivity index (χ1n) is 11.4. The smallest absolute Gasteiger partial charge is 0.0414 e. The van der Waals surface area contributed by atoms with Crippen LogP contribution in [0.25, 0.3) is 0 Å². The minimum absolute atomic E-state index is 0.265. The maximum absolute atomic E-state index is 2.56. The molecule has 1 heterocycles. The van der Waals surface area contributed by atoms with E-state index >= 15 is 0 Å². The molecule has 2 rings (SSSR count). The van der Waals surface area contributed by atoms with Crippen LogP contribution in [0.2, 0.25) is 0 Å². The van der Waals surface area contributed by atoms with Crippen LogP contribution in [-0.4, -0.2) is 17.0 Å².